The standard InChI is InChI=1S/C11H14Cl2N2O2/c1-14-6-11(17)15-5-10(16)8-3-2-7(12)4-9(8)13/h2-4,10,14,16H,5-6H2,1H3,(H,15,17). The van der Waals surface area contributed by atoms with Crippen LogP contribution >= 0.6 is 23.2 Å². The molecule has 0 aliphatic rings. The number of hydrogen-bond acceptors (Lipinski definition) is 3. The Hall–Kier alpha value is -0.810. The molecule has 17 heavy (non-hydrogen) atoms. The molecule has 1 aromatic carbocycles. The second-order valence-corrected chi connectivity index (χ2v) is 4.36. The van der Waals surface area contributed by atoms with Crippen molar-refractivity contribution in [2.75, 3.05) is 20.1 Å². The quantitative estimate of drug-likeness (QED) is 0.761. The van der Waals surface area contributed by atoms with Gasteiger partial charge in [-0.1, -0.05) is 29.3 Å². The van der Waals surface area contributed by atoms with Gasteiger partial charge in [0.05, 0.1) is 12.6 Å². The van der Waals surface area contributed by atoms with Crippen LogP contribution in [0.25, 0.3) is 0 Å². The fourth-order valence-electron chi connectivity index (χ4n) is 1.32. The summed E-state index contributed by atoms with van der Waals surface area (Å²) in [4.78, 5) is 11.2. The monoisotopic (exact) mass is 276 g/mol. The molecule has 0 fully saturated rings. The lowest BCUT2D eigenvalue weighted by molar-refractivity contribution is -0.120. The first kappa shape index (κ1) is 14.3. The van der Waals surface area contributed by atoms with E-state index < -0.39 is 6.10 Å². The molecule has 3 N–H and O–H groups in total. The number of carbonyl (C=O) groups excluding carboxylic acids is 1. The summed E-state index contributed by atoms with van der Waals surface area (Å²) in [5.74, 6) is -0.184. The summed E-state index contributed by atoms with van der Waals surface area (Å²) in [6, 6.07) is 4.83. The lowest BCUT2D eigenvalue weighted by Crippen LogP contribution is -2.34. The van der Waals surface area contributed by atoms with Crippen molar-refractivity contribution < 1.29 is 9.90 Å². The van der Waals surface area contributed by atoms with E-state index in [1.165, 1.54) is 0 Å². The van der Waals surface area contributed by atoms with E-state index in [0.717, 1.165) is 0 Å². The van der Waals surface area contributed by atoms with E-state index in [1.807, 2.05) is 0 Å². The summed E-state index contributed by atoms with van der Waals surface area (Å²) in [6.45, 7) is 0.322. The maximum Gasteiger partial charge on any atom is 0.234 e. The summed E-state index contributed by atoms with van der Waals surface area (Å²) in [6.07, 6.45) is -0.847. The van der Waals surface area contributed by atoms with Crippen LogP contribution in [-0.4, -0.2) is 31.2 Å². The SMILES string of the molecule is CNCC(=O)NCC(O)c1ccc(Cl)cc1Cl. The molecule has 0 spiro atoms. The van der Waals surface area contributed by atoms with Crippen LogP contribution in [0.15, 0.2) is 18.2 Å². The van der Waals surface area contributed by atoms with E-state index in [2.05, 4.69) is 10.6 Å². The van der Waals surface area contributed by atoms with Gasteiger partial charge in [-0.25, -0.2) is 0 Å². The van der Waals surface area contributed by atoms with Crippen molar-refractivity contribution in [1.82, 2.24) is 10.6 Å². The highest BCUT2D eigenvalue weighted by Gasteiger charge is 2.12. The van der Waals surface area contributed by atoms with Gasteiger partial charge in [-0.05, 0) is 19.2 Å². The molecule has 1 amide bonds. The van der Waals surface area contributed by atoms with Crippen LogP contribution < -0.4 is 10.6 Å². The van der Waals surface area contributed by atoms with Crippen LogP contribution in [0.4, 0.5) is 0 Å². The number of nitrogens with one attached hydrogen (secondary N) is 2. The minimum Gasteiger partial charge on any atom is -0.387 e. The summed E-state index contributed by atoms with van der Waals surface area (Å²) in [7, 11) is 1.67. The fourth-order valence-corrected chi connectivity index (χ4v) is 1.85. The van der Waals surface area contributed by atoms with Crippen molar-refractivity contribution >= 4 is 29.1 Å². The van der Waals surface area contributed by atoms with Crippen LogP contribution in [0.3, 0.4) is 0 Å². The Morgan fingerprint density at radius 3 is 2.76 bits per heavy atom. The third kappa shape index (κ3) is 4.52. The second-order valence-electron chi connectivity index (χ2n) is 3.52. The molecule has 4 nitrogen and oxygen atoms in total. The van der Waals surface area contributed by atoms with E-state index in [9.17, 15) is 9.90 Å². The Bertz CT molecular complexity index is 399. The van der Waals surface area contributed by atoms with E-state index in [1.54, 1.807) is 25.2 Å². The van der Waals surface area contributed by atoms with E-state index in [4.69, 9.17) is 23.2 Å². The molecule has 6 heteroatoms. The van der Waals surface area contributed by atoms with Crippen LogP contribution in [0.1, 0.15) is 11.7 Å². The van der Waals surface area contributed by atoms with E-state index in [0.29, 0.717) is 15.6 Å². The zero-order chi connectivity index (χ0) is 12.8. The molecule has 0 radical (unpaired) electrons. The number of carbonyl (C=O) groups is 1. The van der Waals surface area contributed by atoms with Gasteiger partial charge in [0.2, 0.25) is 5.91 Å². The number of benzene rings is 1. The fraction of sp³-hybridized carbons (Fsp3) is 0.364. The number of likely N-dealkylation sites (N-methyl/N-ethyl adjacent to an activating group) is 1. The van der Waals surface area contributed by atoms with Crippen molar-refractivity contribution in [3.8, 4) is 0 Å². The van der Waals surface area contributed by atoms with Crippen molar-refractivity contribution in [1.29, 1.82) is 0 Å². The van der Waals surface area contributed by atoms with Crippen molar-refractivity contribution in [3.05, 3.63) is 33.8 Å². The molecular weight excluding hydrogens is 263 g/mol. The molecular formula is C11H14Cl2N2O2. The third-order valence-electron chi connectivity index (χ3n) is 2.15. The zero-order valence-electron chi connectivity index (χ0n) is 9.34. The molecule has 0 aliphatic carbocycles. The van der Waals surface area contributed by atoms with Crippen LogP contribution in [0, 0.1) is 0 Å². The van der Waals surface area contributed by atoms with Crippen molar-refractivity contribution in [2.45, 2.75) is 6.10 Å². The van der Waals surface area contributed by atoms with Gasteiger partial charge in [0.25, 0.3) is 0 Å². The van der Waals surface area contributed by atoms with Crippen molar-refractivity contribution in [2.24, 2.45) is 0 Å². The molecule has 1 atom stereocenters. The smallest absolute Gasteiger partial charge is 0.234 e. The normalized spacial score (nSPS) is 12.2. The Morgan fingerprint density at radius 1 is 1.47 bits per heavy atom. The molecule has 0 bridgehead atoms. The molecule has 0 aromatic heterocycles. The van der Waals surface area contributed by atoms with Crippen LogP contribution in [0.5, 0.6) is 0 Å². The Morgan fingerprint density at radius 2 is 2.18 bits per heavy atom. The highest BCUT2D eigenvalue weighted by atomic mass is 35.5. The van der Waals surface area contributed by atoms with Gasteiger partial charge >= 0.3 is 0 Å². The number of amides is 1. The van der Waals surface area contributed by atoms with E-state index >= 15 is 0 Å². The van der Waals surface area contributed by atoms with Gasteiger partial charge in [-0.2, -0.15) is 0 Å². The van der Waals surface area contributed by atoms with Crippen LogP contribution in [-0.2, 0) is 4.79 Å². The van der Waals surface area contributed by atoms with Gasteiger partial charge in [0.15, 0.2) is 0 Å². The summed E-state index contributed by atoms with van der Waals surface area (Å²) in [5, 5.41) is 16.0. The first-order valence-corrected chi connectivity index (χ1v) is 5.84. The van der Waals surface area contributed by atoms with Gasteiger partial charge in [-0.15, -0.1) is 0 Å². The van der Waals surface area contributed by atoms with Gasteiger partial charge in [0, 0.05) is 22.2 Å². The molecule has 0 saturated heterocycles. The number of aliphatic hydroxyl groups excluding tert-OH is 1. The average molecular weight is 277 g/mol. The first-order valence-electron chi connectivity index (χ1n) is 5.09. The molecule has 0 aliphatic heterocycles. The number of halogens is 2. The summed E-state index contributed by atoms with van der Waals surface area (Å²) in [5.41, 5.74) is 0.542. The number of hydrogen-bond donors (Lipinski definition) is 3. The molecule has 1 aromatic rings. The van der Waals surface area contributed by atoms with E-state index in [-0.39, 0.29) is 19.0 Å². The Labute approximate surface area is 110 Å². The highest BCUT2D eigenvalue weighted by molar-refractivity contribution is 6.35. The summed E-state index contributed by atoms with van der Waals surface area (Å²) < 4.78 is 0. The lowest BCUT2D eigenvalue weighted by atomic mass is 10.1. The molecule has 1 unspecified atom stereocenters. The highest BCUT2D eigenvalue weighted by Crippen LogP contribution is 2.25. The predicted molar refractivity (Wildman–Crippen MR) is 68.4 cm³/mol. The van der Waals surface area contributed by atoms with Gasteiger partial charge < -0.3 is 15.7 Å². The van der Waals surface area contributed by atoms with Crippen molar-refractivity contribution in [3.63, 3.8) is 0 Å². The average Bonchev–Trinajstić information content (AvgIpc) is 2.26. The van der Waals surface area contributed by atoms with Crippen LogP contribution in [0.2, 0.25) is 10.0 Å². The number of rotatable bonds is 5. The second kappa shape index (κ2) is 6.81. The van der Waals surface area contributed by atoms with Gasteiger partial charge in [0.1, 0.15) is 0 Å². The zero-order valence-corrected chi connectivity index (χ0v) is 10.8. The number of aliphatic hydroxyl groups is 1. The molecule has 1 rings (SSSR count). The minimum absolute atomic E-state index is 0.113. The first-order chi connectivity index (χ1) is 8.04. The lowest BCUT2D eigenvalue weighted by Gasteiger charge is -2.13. The third-order valence-corrected chi connectivity index (χ3v) is 2.71. The topological polar surface area (TPSA) is 61.4 Å². The van der Waals surface area contributed by atoms with Gasteiger partial charge in [-0.3, -0.25) is 4.79 Å². The largest absolute Gasteiger partial charge is 0.387 e. The minimum atomic E-state index is -0.847. The Kier molecular flexibility index (Phi) is 5.71. The maximum absolute atomic E-state index is 11.2. The molecule has 0 saturated carbocycles. The summed E-state index contributed by atoms with van der Waals surface area (Å²) >= 11 is 11.7. The molecule has 0 heterocycles. The predicted octanol–water partition coefficient (Wildman–Crippen LogP) is 1.36. The Balaban J connectivity index is 2.57. The molecule has 94 valence electrons. The maximum atomic E-state index is 11.2.